The van der Waals surface area contributed by atoms with Crippen LogP contribution in [-0.4, -0.2) is 44.1 Å². The van der Waals surface area contributed by atoms with Crippen molar-refractivity contribution in [3.8, 4) is 16.9 Å². The molecule has 9 nitrogen and oxygen atoms in total. The Morgan fingerprint density at radius 1 is 1.03 bits per heavy atom. The molecule has 1 atom stereocenters. The van der Waals surface area contributed by atoms with E-state index in [2.05, 4.69) is 5.10 Å². The molecule has 0 aliphatic heterocycles. The summed E-state index contributed by atoms with van der Waals surface area (Å²) in [5.74, 6) is -1.24. The number of carboxylic acid groups (broad SMARTS) is 1. The van der Waals surface area contributed by atoms with E-state index in [4.69, 9.17) is 21.4 Å². The molecule has 4 rings (SSSR count). The maximum absolute atomic E-state index is 13.6. The molecule has 0 spiro atoms. The molecule has 10 heteroatoms. The third kappa shape index (κ3) is 6.15. The minimum Gasteiger partial charge on any atom is -0.495 e. The highest BCUT2D eigenvalue weighted by atomic mass is 35.5. The van der Waals surface area contributed by atoms with Gasteiger partial charge in [0.15, 0.2) is 11.6 Å². The molecule has 0 saturated carbocycles. The molecule has 0 fully saturated rings. The summed E-state index contributed by atoms with van der Waals surface area (Å²) in [7, 11) is 3.19. The van der Waals surface area contributed by atoms with Crippen LogP contribution in [0, 0.1) is 0 Å². The predicted octanol–water partition coefficient (Wildman–Crippen LogP) is 4.41. The molecule has 0 aliphatic rings. The smallest absolute Gasteiger partial charge is 0.335 e. The minimum absolute atomic E-state index is 0.0237. The zero-order valence-corrected chi connectivity index (χ0v) is 22.3. The van der Waals surface area contributed by atoms with Crippen molar-refractivity contribution in [2.24, 2.45) is 7.05 Å². The Labute approximate surface area is 229 Å². The van der Waals surface area contributed by atoms with Gasteiger partial charge in [0.2, 0.25) is 0 Å². The van der Waals surface area contributed by atoms with E-state index < -0.39 is 17.6 Å². The van der Waals surface area contributed by atoms with E-state index in [1.165, 1.54) is 43.0 Å². The van der Waals surface area contributed by atoms with Gasteiger partial charge in [-0.3, -0.25) is 19.1 Å². The Morgan fingerprint density at radius 3 is 2.33 bits per heavy atom. The monoisotopic (exact) mass is 547 g/mol. The van der Waals surface area contributed by atoms with Crippen molar-refractivity contribution in [1.29, 1.82) is 0 Å². The fraction of sp³-hybridized carbons (Fsp3) is 0.207. The van der Waals surface area contributed by atoms with Crippen LogP contribution >= 0.6 is 11.6 Å². The Morgan fingerprint density at radius 2 is 1.74 bits per heavy atom. The number of pyridine rings is 1. The molecule has 0 unspecified atom stereocenters. The van der Waals surface area contributed by atoms with Crippen LogP contribution in [0.4, 0.5) is 0 Å². The normalized spacial score (nSPS) is 11.7. The van der Waals surface area contributed by atoms with Gasteiger partial charge in [0.05, 0.1) is 31.1 Å². The van der Waals surface area contributed by atoms with Crippen LogP contribution in [0.15, 0.2) is 71.9 Å². The van der Waals surface area contributed by atoms with Gasteiger partial charge in [0.25, 0.3) is 5.56 Å². The fourth-order valence-electron chi connectivity index (χ4n) is 4.44. The van der Waals surface area contributed by atoms with Crippen molar-refractivity contribution in [3.05, 3.63) is 105 Å². The Balaban J connectivity index is 1.79. The van der Waals surface area contributed by atoms with Crippen LogP contribution in [0.1, 0.15) is 44.8 Å². The molecular formula is C29H26ClN3O6. The SMILES string of the molecule is COc1cn([C@H](Cc2cnn(C)c2)C(=O)Cc2ccc(C(=O)O)cc2)c(=O)cc1-c1cc(Cl)ccc1C(C)=O. The standard InChI is InChI=1S/C29H26ClN3O6/c1-17(34)22-9-8-21(30)12-23(22)24-13-28(36)33(16-27(24)39-3)25(10-19-14-31-32(2)15-19)26(35)11-18-4-6-20(7-5-18)29(37)38/h4-9,12-16,25H,10-11H2,1-3H3,(H,37,38)/t25-/m1/s1. The van der Waals surface area contributed by atoms with Gasteiger partial charge >= 0.3 is 5.97 Å². The summed E-state index contributed by atoms with van der Waals surface area (Å²) < 4.78 is 8.54. The average Bonchev–Trinajstić information content (AvgIpc) is 3.31. The highest BCUT2D eigenvalue weighted by Gasteiger charge is 2.25. The van der Waals surface area contributed by atoms with E-state index in [0.29, 0.717) is 27.3 Å². The Hall–Kier alpha value is -4.50. The van der Waals surface area contributed by atoms with Gasteiger partial charge in [-0.1, -0.05) is 23.7 Å². The summed E-state index contributed by atoms with van der Waals surface area (Å²) in [4.78, 5) is 50.6. The quantitative estimate of drug-likeness (QED) is 0.292. The number of rotatable bonds is 10. The molecule has 2 aromatic heterocycles. The van der Waals surface area contributed by atoms with E-state index in [1.54, 1.807) is 54.5 Å². The number of carbonyl (C=O) groups excluding carboxylic acids is 2. The zero-order valence-electron chi connectivity index (χ0n) is 21.6. The zero-order chi connectivity index (χ0) is 28.3. The number of benzene rings is 2. The van der Waals surface area contributed by atoms with Crippen LogP contribution in [-0.2, 0) is 24.7 Å². The van der Waals surface area contributed by atoms with Crippen molar-refractivity contribution in [2.75, 3.05) is 7.11 Å². The highest BCUT2D eigenvalue weighted by Crippen LogP contribution is 2.34. The van der Waals surface area contributed by atoms with E-state index in [0.717, 1.165) is 5.56 Å². The number of hydrogen-bond acceptors (Lipinski definition) is 6. The van der Waals surface area contributed by atoms with Gasteiger partial charge in [-0.05, 0) is 53.9 Å². The number of hydrogen-bond donors (Lipinski definition) is 1. The number of aromatic nitrogens is 3. The highest BCUT2D eigenvalue weighted by molar-refractivity contribution is 6.31. The first kappa shape index (κ1) is 27.5. The average molecular weight is 548 g/mol. The summed E-state index contributed by atoms with van der Waals surface area (Å²) >= 11 is 6.21. The third-order valence-electron chi connectivity index (χ3n) is 6.39. The molecule has 1 N–H and O–H groups in total. The van der Waals surface area contributed by atoms with Gasteiger partial charge in [-0.2, -0.15) is 5.10 Å². The maximum Gasteiger partial charge on any atom is 0.335 e. The van der Waals surface area contributed by atoms with Gasteiger partial charge in [0.1, 0.15) is 5.75 Å². The molecule has 0 aliphatic carbocycles. The number of carbonyl (C=O) groups is 3. The Bertz CT molecular complexity index is 1620. The number of methoxy groups -OCH3 is 1. The molecule has 0 bridgehead atoms. The van der Waals surface area contributed by atoms with Crippen molar-refractivity contribution in [3.63, 3.8) is 0 Å². The van der Waals surface area contributed by atoms with E-state index in [9.17, 15) is 19.2 Å². The van der Waals surface area contributed by atoms with Crippen LogP contribution < -0.4 is 10.3 Å². The number of nitrogens with zero attached hydrogens (tertiary/aromatic N) is 3. The Kier molecular flexibility index (Phi) is 8.11. The predicted molar refractivity (Wildman–Crippen MR) is 146 cm³/mol. The second-order valence-corrected chi connectivity index (χ2v) is 9.57. The summed E-state index contributed by atoms with van der Waals surface area (Å²) in [6.07, 6.45) is 5.03. The number of carboxylic acids is 1. The number of aromatic carboxylic acids is 1. The molecule has 2 aromatic carbocycles. The molecular weight excluding hydrogens is 522 g/mol. The van der Waals surface area contributed by atoms with E-state index in [-0.39, 0.29) is 35.7 Å². The summed E-state index contributed by atoms with van der Waals surface area (Å²) in [6.45, 7) is 1.42. The lowest BCUT2D eigenvalue weighted by Crippen LogP contribution is -2.32. The first-order chi connectivity index (χ1) is 18.6. The maximum atomic E-state index is 13.6. The fourth-order valence-corrected chi connectivity index (χ4v) is 4.62. The first-order valence-electron chi connectivity index (χ1n) is 12.0. The third-order valence-corrected chi connectivity index (χ3v) is 6.62. The molecule has 0 amide bonds. The van der Waals surface area contributed by atoms with Crippen molar-refractivity contribution < 1.29 is 24.2 Å². The molecule has 2 heterocycles. The van der Waals surface area contributed by atoms with Crippen LogP contribution in [0.25, 0.3) is 11.1 Å². The molecule has 0 saturated heterocycles. The van der Waals surface area contributed by atoms with Crippen molar-refractivity contribution in [2.45, 2.75) is 25.8 Å². The number of Topliss-reactive ketones (excluding diaryl/α,β-unsaturated/α-hetero) is 2. The van der Waals surface area contributed by atoms with Gasteiger partial charge < -0.3 is 14.4 Å². The van der Waals surface area contributed by atoms with Crippen LogP contribution in [0.2, 0.25) is 5.02 Å². The molecule has 200 valence electrons. The second kappa shape index (κ2) is 11.5. The number of aryl methyl sites for hydroxylation is 1. The molecule has 39 heavy (non-hydrogen) atoms. The first-order valence-corrected chi connectivity index (χ1v) is 12.4. The summed E-state index contributed by atoms with van der Waals surface area (Å²) in [5.41, 5.74) is 2.21. The lowest BCUT2D eigenvalue weighted by Gasteiger charge is -2.21. The number of halogens is 1. The van der Waals surface area contributed by atoms with E-state index in [1.807, 2.05) is 0 Å². The molecule has 0 radical (unpaired) electrons. The largest absolute Gasteiger partial charge is 0.495 e. The molecule has 4 aromatic rings. The lowest BCUT2D eigenvalue weighted by atomic mass is 9.96. The van der Waals surface area contributed by atoms with Gasteiger partial charge in [0, 0.05) is 48.3 Å². The van der Waals surface area contributed by atoms with Gasteiger partial charge in [-0.25, -0.2) is 4.79 Å². The summed E-state index contributed by atoms with van der Waals surface area (Å²) in [6, 6.07) is 11.2. The lowest BCUT2D eigenvalue weighted by molar-refractivity contribution is -0.121. The topological polar surface area (TPSA) is 120 Å². The summed E-state index contributed by atoms with van der Waals surface area (Å²) in [5, 5.41) is 13.7. The minimum atomic E-state index is -1.06. The van der Waals surface area contributed by atoms with Crippen molar-refractivity contribution >= 4 is 29.1 Å². The van der Waals surface area contributed by atoms with Gasteiger partial charge in [-0.15, -0.1) is 0 Å². The number of ether oxygens (including phenoxy) is 1. The van der Waals surface area contributed by atoms with Crippen LogP contribution in [0.5, 0.6) is 5.75 Å². The number of ketones is 2. The second-order valence-electron chi connectivity index (χ2n) is 9.13. The van der Waals surface area contributed by atoms with E-state index >= 15 is 0 Å². The van der Waals surface area contributed by atoms with Crippen molar-refractivity contribution in [1.82, 2.24) is 14.3 Å². The van der Waals surface area contributed by atoms with Crippen LogP contribution in [0.3, 0.4) is 0 Å².